The second kappa shape index (κ2) is 13.1. The highest BCUT2D eigenvalue weighted by atomic mass is 32.2. The van der Waals surface area contributed by atoms with Gasteiger partial charge in [-0.15, -0.1) is 0 Å². The Kier molecular flexibility index (Phi) is 8.77. The first-order chi connectivity index (χ1) is 22.7. The fourth-order valence-electron chi connectivity index (χ4n) is 5.73. The molecule has 1 atom stereocenters. The van der Waals surface area contributed by atoms with Crippen molar-refractivity contribution in [3.05, 3.63) is 77.5 Å². The summed E-state index contributed by atoms with van der Waals surface area (Å²) in [4.78, 5) is 28.6. The average molecular weight is 669 g/mol. The van der Waals surface area contributed by atoms with Crippen molar-refractivity contribution in [3.8, 4) is 11.6 Å². The number of hydrogen-bond acceptors (Lipinski definition) is 10. The van der Waals surface area contributed by atoms with E-state index in [-0.39, 0.29) is 30.1 Å². The predicted molar refractivity (Wildman–Crippen MR) is 165 cm³/mol. The minimum absolute atomic E-state index is 0.0517. The van der Waals surface area contributed by atoms with Gasteiger partial charge in [0.15, 0.2) is 17.4 Å². The Balaban J connectivity index is 0.980. The van der Waals surface area contributed by atoms with E-state index >= 15 is 0 Å². The van der Waals surface area contributed by atoms with Crippen LogP contribution in [0.4, 0.5) is 8.78 Å². The molecule has 2 aromatic heterocycles. The van der Waals surface area contributed by atoms with Crippen LogP contribution in [0.2, 0.25) is 0 Å². The number of ether oxygens (including phenoxy) is 3. The second-order valence-corrected chi connectivity index (χ2v) is 14.0. The Morgan fingerprint density at radius 1 is 1.02 bits per heavy atom. The topological polar surface area (TPSA) is 138 Å². The fraction of sp³-hybridized carbons (Fsp3) is 0.438. The number of rotatable bonds is 12. The van der Waals surface area contributed by atoms with Gasteiger partial charge in [0.05, 0.1) is 35.5 Å². The van der Waals surface area contributed by atoms with Gasteiger partial charge in [0, 0.05) is 43.6 Å². The number of aromatic nitrogens is 4. The Hall–Kier alpha value is -4.21. The van der Waals surface area contributed by atoms with Gasteiger partial charge < -0.3 is 18.8 Å². The standard InChI is InChI=1S/C32H34F2N6O6S/c33-21-2-6-28(25(34)16-21)45-19-29-35-11-7-31(37-29)46-22-8-12-39(13-9-22)18-30-36-26-5-1-20(32(41)38-47(42,43)24-3-4-24)15-27(26)40(30)17-23-10-14-44-23/h1-2,5-7,11,15-16,22-24H,3-4,8-10,12-14,17-19H2,(H,38,41)/t23-/m0/s1. The molecular weight excluding hydrogens is 634 g/mol. The third-order valence-corrected chi connectivity index (χ3v) is 10.4. The molecule has 0 unspecified atom stereocenters. The molecule has 2 aromatic carbocycles. The molecule has 0 bridgehead atoms. The number of nitrogens with zero attached hydrogens (tertiary/aromatic N) is 5. The van der Waals surface area contributed by atoms with Crippen molar-refractivity contribution in [2.75, 3.05) is 19.7 Å². The van der Waals surface area contributed by atoms with E-state index in [0.29, 0.717) is 44.2 Å². The summed E-state index contributed by atoms with van der Waals surface area (Å²) in [6.45, 7) is 3.29. The molecule has 47 heavy (non-hydrogen) atoms. The first-order valence-corrected chi connectivity index (χ1v) is 17.2. The Labute approximate surface area is 270 Å². The molecule has 0 spiro atoms. The third-order valence-electron chi connectivity index (χ3n) is 8.58. The van der Waals surface area contributed by atoms with Crippen LogP contribution in [-0.2, 0) is 34.5 Å². The zero-order valence-corrected chi connectivity index (χ0v) is 26.3. The molecule has 3 fully saturated rings. The monoisotopic (exact) mass is 668 g/mol. The summed E-state index contributed by atoms with van der Waals surface area (Å²) in [7, 11) is -3.66. The highest BCUT2D eigenvalue weighted by Gasteiger charge is 2.37. The summed E-state index contributed by atoms with van der Waals surface area (Å²) in [6.07, 6.45) is 5.11. The second-order valence-electron chi connectivity index (χ2n) is 12.1. The highest BCUT2D eigenvalue weighted by Crippen LogP contribution is 2.28. The number of hydrogen-bond donors (Lipinski definition) is 1. The van der Waals surface area contributed by atoms with Crippen molar-refractivity contribution < 1.29 is 36.2 Å². The molecule has 12 nitrogen and oxygen atoms in total. The predicted octanol–water partition coefficient (Wildman–Crippen LogP) is 3.74. The van der Waals surface area contributed by atoms with Crippen LogP contribution >= 0.6 is 0 Å². The number of nitrogens with one attached hydrogen (secondary N) is 1. The summed E-state index contributed by atoms with van der Waals surface area (Å²) < 4.78 is 73.3. The van der Waals surface area contributed by atoms with Crippen molar-refractivity contribution in [3.63, 3.8) is 0 Å². The molecule has 4 heterocycles. The van der Waals surface area contributed by atoms with Gasteiger partial charge in [-0.1, -0.05) is 0 Å². The number of sulfonamides is 1. The molecule has 2 saturated heterocycles. The van der Waals surface area contributed by atoms with E-state index in [4.69, 9.17) is 19.2 Å². The first-order valence-electron chi connectivity index (χ1n) is 15.7. The zero-order valence-electron chi connectivity index (χ0n) is 25.5. The van der Waals surface area contributed by atoms with E-state index < -0.39 is 32.8 Å². The van der Waals surface area contributed by atoms with Crippen molar-refractivity contribution in [2.24, 2.45) is 0 Å². The Bertz CT molecular complexity index is 1890. The Morgan fingerprint density at radius 3 is 2.55 bits per heavy atom. The van der Waals surface area contributed by atoms with Crippen LogP contribution < -0.4 is 14.2 Å². The van der Waals surface area contributed by atoms with Gasteiger partial charge in [0.25, 0.3) is 5.91 Å². The van der Waals surface area contributed by atoms with Crippen molar-refractivity contribution >= 4 is 27.0 Å². The number of fused-ring (bicyclic) bond motifs is 1. The van der Waals surface area contributed by atoms with E-state index in [1.165, 1.54) is 6.07 Å². The summed E-state index contributed by atoms with van der Waals surface area (Å²) in [5.41, 5.74) is 1.75. The minimum atomic E-state index is -3.66. The maximum atomic E-state index is 13.9. The molecule has 4 aromatic rings. The van der Waals surface area contributed by atoms with Gasteiger partial charge in [0.1, 0.15) is 24.4 Å². The minimum Gasteiger partial charge on any atom is -0.483 e. The number of carbonyl (C=O) groups excluding carboxylic acids is 1. The average Bonchev–Trinajstić information content (AvgIpc) is 3.83. The smallest absolute Gasteiger partial charge is 0.264 e. The lowest BCUT2D eigenvalue weighted by Crippen LogP contribution is -2.39. The molecule has 2 aliphatic heterocycles. The Morgan fingerprint density at radius 2 is 1.83 bits per heavy atom. The lowest BCUT2D eigenvalue weighted by Gasteiger charge is -2.32. The van der Waals surface area contributed by atoms with Gasteiger partial charge in [0.2, 0.25) is 15.9 Å². The molecule has 0 radical (unpaired) electrons. The third kappa shape index (κ3) is 7.36. The van der Waals surface area contributed by atoms with E-state index in [1.54, 1.807) is 30.5 Å². The molecular formula is C32H34F2N6O6S. The zero-order chi connectivity index (χ0) is 32.5. The number of benzene rings is 2. The normalized spacial score (nSPS) is 19.0. The van der Waals surface area contributed by atoms with E-state index in [9.17, 15) is 22.0 Å². The fourth-order valence-corrected chi connectivity index (χ4v) is 7.03. The summed E-state index contributed by atoms with van der Waals surface area (Å²) in [5, 5.41) is -0.489. The van der Waals surface area contributed by atoms with Gasteiger partial charge in [-0.05, 0) is 62.4 Å². The molecule has 1 amide bonds. The summed E-state index contributed by atoms with van der Waals surface area (Å²) in [6, 6.07) is 9.82. The number of imidazole rings is 1. The van der Waals surface area contributed by atoms with Crippen molar-refractivity contribution in [2.45, 2.75) is 69.3 Å². The SMILES string of the molecule is O=C(NS(=O)(=O)C1CC1)c1ccc2nc(CN3CCC(Oc4ccnc(COc5ccc(F)cc5F)n4)CC3)n(C[C@@H]3CCO3)c2c1. The number of halogens is 2. The molecule has 1 saturated carbocycles. The molecule has 248 valence electrons. The summed E-state index contributed by atoms with van der Waals surface area (Å²) in [5.74, 6) is -0.671. The van der Waals surface area contributed by atoms with Crippen molar-refractivity contribution in [1.82, 2.24) is 29.1 Å². The lowest BCUT2D eigenvalue weighted by atomic mass is 10.1. The van der Waals surface area contributed by atoms with Crippen LogP contribution in [0.25, 0.3) is 11.0 Å². The van der Waals surface area contributed by atoms with E-state index in [1.807, 2.05) is 0 Å². The van der Waals surface area contributed by atoms with Gasteiger partial charge in [-0.3, -0.25) is 9.69 Å². The van der Waals surface area contributed by atoms with Gasteiger partial charge in [-0.2, -0.15) is 4.98 Å². The lowest BCUT2D eigenvalue weighted by molar-refractivity contribution is -0.0592. The number of amides is 1. The molecule has 1 N–H and O–H groups in total. The van der Waals surface area contributed by atoms with Crippen LogP contribution in [0.15, 0.2) is 48.7 Å². The highest BCUT2D eigenvalue weighted by molar-refractivity contribution is 7.91. The molecule has 15 heteroatoms. The number of piperidine rings is 1. The molecule has 7 rings (SSSR count). The van der Waals surface area contributed by atoms with Gasteiger partial charge >= 0.3 is 0 Å². The number of carbonyl (C=O) groups is 1. The first kappa shape index (κ1) is 31.4. The van der Waals surface area contributed by atoms with E-state index in [2.05, 4.69) is 24.2 Å². The quantitative estimate of drug-likeness (QED) is 0.238. The van der Waals surface area contributed by atoms with Crippen LogP contribution in [0.1, 0.15) is 54.1 Å². The van der Waals surface area contributed by atoms with Crippen LogP contribution in [-0.4, -0.2) is 75.9 Å². The maximum Gasteiger partial charge on any atom is 0.264 e. The van der Waals surface area contributed by atoms with Crippen LogP contribution in [0.5, 0.6) is 11.6 Å². The van der Waals surface area contributed by atoms with Crippen molar-refractivity contribution in [1.29, 1.82) is 0 Å². The molecule has 1 aliphatic carbocycles. The van der Waals surface area contributed by atoms with Crippen LogP contribution in [0.3, 0.4) is 0 Å². The maximum absolute atomic E-state index is 13.9. The van der Waals surface area contributed by atoms with Gasteiger partial charge in [-0.25, -0.2) is 31.9 Å². The largest absolute Gasteiger partial charge is 0.483 e. The number of likely N-dealkylation sites (tertiary alicyclic amines) is 1. The summed E-state index contributed by atoms with van der Waals surface area (Å²) >= 11 is 0. The van der Waals surface area contributed by atoms with Crippen LogP contribution in [0, 0.1) is 11.6 Å². The van der Waals surface area contributed by atoms with E-state index in [0.717, 1.165) is 61.3 Å². The molecule has 3 aliphatic rings.